The molecule has 0 radical (unpaired) electrons. The van der Waals surface area contributed by atoms with E-state index in [1.807, 2.05) is 34.9 Å². The van der Waals surface area contributed by atoms with Crippen molar-refractivity contribution in [1.82, 2.24) is 14.7 Å². The molecule has 0 saturated carbocycles. The van der Waals surface area contributed by atoms with Crippen LogP contribution in [0.2, 0.25) is 0 Å². The first-order valence-electron chi connectivity index (χ1n) is 6.57. The van der Waals surface area contributed by atoms with Gasteiger partial charge in [-0.1, -0.05) is 30.3 Å². The van der Waals surface area contributed by atoms with Gasteiger partial charge in [-0.2, -0.15) is 0 Å². The van der Waals surface area contributed by atoms with Crippen LogP contribution in [-0.2, 0) is 6.42 Å². The van der Waals surface area contributed by atoms with E-state index in [4.69, 9.17) is 0 Å². The molecule has 0 atom stereocenters. The summed E-state index contributed by atoms with van der Waals surface area (Å²) < 4.78 is 1.88. The maximum atomic E-state index is 12.1. The quantitative estimate of drug-likeness (QED) is 0.787. The third kappa shape index (κ3) is 2.69. The molecule has 2 heterocycles. The Morgan fingerprint density at radius 3 is 2.90 bits per heavy atom. The van der Waals surface area contributed by atoms with Gasteiger partial charge in [0.25, 0.3) is 5.91 Å². The van der Waals surface area contributed by atoms with E-state index in [0.29, 0.717) is 12.1 Å². The number of hydrogen-bond acceptors (Lipinski definition) is 2. The van der Waals surface area contributed by atoms with E-state index in [1.54, 1.807) is 18.6 Å². The number of imidazole rings is 1. The second-order valence-corrected chi connectivity index (χ2v) is 4.63. The van der Waals surface area contributed by atoms with Crippen LogP contribution in [0.1, 0.15) is 15.9 Å². The molecule has 1 N–H and O–H groups in total. The summed E-state index contributed by atoms with van der Waals surface area (Å²) in [6.45, 7) is 0.632. The zero-order valence-corrected chi connectivity index (χ0v) is 11.0. The minimum atomic E-state index is -0.0513. The highest BCUT2D eigenvalue weighted by atomic mass is 16.1. The average molecular weight is 265 g/mol. The Labute approximate surface area is 117 Å². The summed E-state index contributed by atoms with van der Waals surface area (Å²) in [7, 11) is 0. The Hall–Kier alpha value is -2.62. The highest BCUT2D eigenvalue weighted by Crippen LogP contribution is 2.06. The Morgan fingerprint density at radius 1 is 1.20 bits per heavy atom. The molecule has 0 saturated heterocycles. The second-order valence-electron chi connectivity index (χ2n) is 4.63. The smallest absolute Gasteiger partial charge is 0.251 e. The molecule has 4 heteroatoms. The molecule has 3 aromatic rings. The van der Waals surface area contributed by atoms with E-state index < -0.39 is 0 Å². The first-order chi connectivity index (χ1) is 9.83. The maximum Gasteiger partial charge on any atom is 0.251 e. The molecular weight excluding hydrogens is 250 g/mol. The molecule has 0 unspecified atom stereocenters. The molecule has 0 bridgehead atoms. The van der Waals surface area contributed by atoms with E-state index in [0.717, 1.165) is 11.9 Å². The lowest BCUT2D eigenvalue weighted by Gasteiger charge is -2.06. The average Bonchev–Trinajstić information content (AvgIpc) is 2.95. The van der Waals surface area contributed by atoms with Crippen LogP contribution in [-0.4, -0.2) is 21.8 Å². The van der Waals surface area contributed by atoms with Crippen molar-refractivity contribution in [2.45, 2.75) is 6.42 Å². The zero-order chi connectivity index (χ0) is 13.8. The van der Waals surface area contributed by atoms with Crippen LogP contribution in [0.15, 0.2) is 61.2 Å². The van der Waals surface area contributed by atoms with Crippen LogP contribution >= 0.6 is 0 Å². The SMILES string of the molecule is O=C(NCCc1ccccc1)c1ccn2cncc2c1. The molecule has 0 aliphatic heterocycles. The fraction of sp³-hybridized carbons (Fsp3) is 0.125. The monoisotopic (exact) mass is 265 g/mol. The van der Waals surface area contributed by atoms with Crippen LogP contribution in [0.3, 0.4) is 0 Å². The van der Waals surface area contributed by atoms with Gasteiger partial charge in [-0.15, -0.1) is 0 Å². The van der Waals surface area contributed by atoms with E-state index in [9.17, 15) is 4.79 Å². The molecule has 1 amide bonds. The van der Waals surface area contributed by atoms with Crippen molar-refractivity contribution < 1.29 is 4.79 Å². The van der Waals surface area contributed by atoms with Crippen molar-refractivity contribution in [1.29, 1.82) is 0 Å². The van der Waals surface area contributed by atoms with Crippen LogP contribution in [0, 0.1) is 0 Å². The summed E-state index contributed by atoms with van der Waals surface area (Å²) in [4.78, 5) is 16.1. The Kier molecular flexibility index (Phi) is 3.46. The third-order valence-electron chi connectivity index (χ3n) is 3.22. The first kappa shape index (κ1) is 12.4. The fourth-order valence-electron chi connectivity index (χ4n) is 2.13. The van der Waals surface area contributed by atoms with Gasteiger partial charge >= 0.3 is 0 Å². The lowest BCUT2D eigenvalue weighted by atomic mass is 10.1. The minimum Gasteiger partial charge on any atom is -0.352 e. The number of pyridine rings is 1. The second kappa shape index (κ2) is 5.57. The predicted molar refractivity (Wildman–Crippen MR) is 77.7 cm³/mol. The number of benzene rings is 1. The maximum absolute atomic E-state index is 12.1. The molecule has 0 aliphatic carbocycles. The van der Waals surface area contributed by atoms with Crippen molar-refractivity contribution in [2.24, 2.45) is 0 Å². The fourth-order valence-corrected chi connectivity index (χ4v) is 2.13. The molecule has 1 aromatic carbocycles. The highest BCUT2D eigenvalue weighted by Gasteiger charge is 2.06. The first-order valence-corrected chi connectivity index (χ1v) is 6.57. The summed E-state index contributed by atoms with van der Waals surface area (Å²) in [5, 5.41) is 2.94. The minimum absolute atomic E-state index is 0.0513. The molecular formula is C16H15N3O. The summed E-state index contributed by atoms with van der Waals surface area (Å²) in [5.74, 6) is -0.0513. The molecule has 0 spiro atoms. The van der Waals surface area contributed by atoms with Crippen molar-refractivity contribution in [3.8, 4) is 0 Å². The van der Waals surface area contributed by atoms with Gasteiger partial charge in [0.1, 0.15) is 0 Å². The Morgan fingerprint density at radius 2 is 2.05 bits per heavy atom. The predicted octanol–water partition coefficient (Wildman–Crippen LogP) is 2.31. The number of amides is 1. The molecule has 0 fully saturated rings. The highest BCUT2D eigenvalue weighted by molar-refractivity contribution is 5.95. The Balaban J connectivity index is 1.61. The normalized spacial score (nSPS) is 10.6. The van der Waals surface area contributed by atoms with Gasteiger partial charge in [0.05, 0.1) is 18.0 Å². The summed E-state index contributed by atoms with van der Waals surface area (Å²) in [6.07, 6.45) is 6.13. The number of aromatic nitrogens is 2. The lowest BCUT2D eigenvalue weighted by Crippen LogP contribution is -2.25. The topological polar surface area (TPSA) is 46.4 Å². The number of fused-ring (bicyclic) bond motifs is 1. The molecule has 4 nitrogen and oxygen atoms in total. The molecule has 0 aliphatic rings. The Bertz CT molecular complexity index is 719. The largest absolute Gasteiger partial charge is 0.352 e. The van der Waals surface area contributed by atoms with Gasteiger partial charge < -0.3 is 9.72 Å². The van der Waals surface area contributed by atoms with Crippen LogP contribution in [0.25, 0.3) is 5.52 Å². The van der Waals surface area contributed by atoms with Crippen molar-refractivity contribution in [3.63, 3.8) is 0 Å². The molecule has 2 aromatic heterocycles. The number of nitrogens with zero attached hydrogens (tertiary/aromatic N) is 2. The number of nitrogens with one attached hydrogen (secondary N) is 1. The van der Waals surface area contributed by atoms with E-state index in [2.05, 4.69) is 22.4 Å². The third-order valence-corrected chi connectivity index (χ3v) is 3.22. The van der Waals surface area contributed by atoms with Crippen molar-refractivity contribution >= 4 is 11.4 Å². The van der Waals surface area contributed by atoms with E-state index in [-0.39, 0.29) is 5.91 Å². The van der Waals surface area contributed by atoms with Crippen molar-refractivity contribution in [3.05, 3.63) is 72.3 Å². The van der Waals surface area contributed by atoms with Crippen LogP contribution < -0.4 is 5.32 Å². The molecule has 100 valence electrons. The van der Waals surface area contributed by atoms with E-state index >= 15 is 0 Å². The number of hydrogen-bond donors (Lipinski definition) is 1. The molecule has 20 heavy (non-hydrogen) atoms. The number of rotatable bonds is 4. The number of carbonyl (C=O) groups is 1. The van der Waals surface area contributed by atoms with Gasteiger partial charge in [0, 0.05) is 18.3 Å². The van der Waals surface area contributed by atoms with Gasteiger partial charge in [-0.25, -0.2) is 4.98 Å². The van der Waals surface area contributed by atoms with Gasteiger partial charge in [0.15, 0.2) is 0 Å². The number of carbonyl (C=O) groups excluding carboxylic acids is 1. The van der Waals surface area contributed by atoms with Crippen LogP contribution in [0.4, 0.5) is 0 Å². The van der Waals surface area contributed by atoms with Gasteiger partial charge in [-0.05, 0) is 24.1 Å². The van der Waals surface area contributed by atoms with Gasteiger partial charge in [0.2, 0.25) is 0 Å². The summed E-state index contributed by atoms with van der Waals surface area (Å²) in [5.41, 5.74) is 2.80. The standard InChI is InChI=1S/C16H15N3O/c20-16(18-8-6-13-4-2-1-3-5-13)14-7-9-19-12-17-11-15(19)10-14/h1-5,7,9-12H,6,8H2,(H,18,20). The van der Waals surface area contributed by atoms with Crippen LogP contribution in [0.5, 0.6) is 0 Å². The summed E-state index contributed by atoms with van der Waals surface area (Å²) in [6, 6.07) is 13.8. The zero-order valence-electron chi connectivity index (χ0n) is 11.0. The van der Waals surface area contributed by atoms with E-state index in [1.165, 1.54) is 5.56 Å². The van der Waals surface area contributed by atoms with Crippen molar-refractivity contribution in [2.75, 3.05) is 6.54 Å². The summed E-state index contributed by atoms with van der Waals surface area (Å²) >= 11 is 0. The molecule has 3 rings (SSSR count). The van der Waals surface area contributed by atoms with Gasteiger partial charge in [-0.3, -0.25) is 4.79 Å². The lowest BCUT2D eigenvalue weighted by molar-refractivity contribution is 0.0954.